The minimum Gasteiger partial charge on any atom is -0.398 e. The van der Waals surface area contributed by atoms with Crippen LogP contribution >= 0.6 is 0 Å². The molecular formula is C24H24N6O3. The third-order valence-corrected chi connectivity index (χ3v) is 5.75. The third kappa shape index (κ3) is 3.92. The minimum atomic E-state index is -0.236. The molecule has 0 unspecified atom stereocenters. The quantitative estimate of drug-likeness (QED) is 0.327. The number of rotatable bonds is 7. The van der Waals surface area contributed by atoms with Crippen LogP contribution in [0.1, 0.15) is 26.3 Å². The highest BCUT2D eigenvalue weighted by molar-refractivity contribution is 6.09. The van der Waals surface area contributed by atoms with Crippen molar-refractivity contribution in [3.05, 3.63) is 59.3 Å². The molecule has 1 aliphatic heterocycles. The van der Waals surface area contributed by atoms with Crippen molar-refractivity contribution < 1.29 is 14.3 Å². The number of aryl methyl sites for hydroxylation is 1. The lowest BCUT2D eigenvalue weighted by Gasteiger charge is -2.14. The molecule has 0 saturated heterocycles. The first-order valence-corrected chi connectivity index (χ1v) is 10.4. The Morgan fingerprint density at radius 2 is 2.18 bits per heavy atom. The van der Waals surface area contributed by atoms with Gasteiger partial charge in [0.1, 0.15) is 0 Å². The molecule has 0 radical (unpaired) electrons. The number of nitrogen functional groups attached to an aromatic ring is 1. The number of hydrogen-bond acceptors (Lipinski definition) is 6. The number of benzene rings is 2. The van der Waals surface area contributed by atoms with Gasteiger partial charge >= 0.3 is 0 Å². The van der Waals surface area contributed by atoms with Gasteiger partial charge in [0, 0.05) is 43.9 Å². The van der Waals surface area contributed by atoms with Crippen molar-refractivity contribution in [2.75, 3.05) is 32.5 Å². The summed E-state index contributed by atoms with van der Waals surface area (Å²) in [6.07, 6.45) is 1.66. The molecule has 1 aliphatic rings. The van der Waals surface area contributed by atoms with Crippen LogP contribution in [0.2, 0.25) is 0 Å². The summed E-state index contributed by atoms with van der Waals surface area (Å²) >= 11 is 0. The van der Waals surface area contributed by atoms with Crippen LogP contribution in [0.15, 0.2) is 42.6 Å². The summed E-state index contributed by atoms with van der Waals surface area (Å²) in [6.45, 7) is 4.90. The number of nitrogens with zero attached hydrogens (tertiary/aromatic N) is 4. The number of hydrogen-bond donors (Lipinski definition) is 2. The molecule has 3 aromatic rings. The molecule has 9 heteroatoms. The van der Waals surface area contributed by atoms with E-state index in [1.165, 1.54) is 0 Å². The fraction of sp³-hybridized carbons (Fsp3) is 0.250. The first-order chi connectivity index (χ1) is 15.8. The van der Waals surface area contributed by atoms with E-state index in [1.807, 2.05) is 25.2 Å². The summed E-state index contributed by atoms with van der Waals surface area (Å²) < 4.78 is 6.73. The van der Waals surface area contributed by atoms with E-state index in [0.717, 1.165) is 27.6 Å². The molecule has 2 aromatic carbocycles. The molecule has 0 saturated carbocycles. The lowest BCUT2D eigenvalue weighted by molar-refractivity contribution is 0.0794. The molecule has 168 valence electrons. The van der Waals surface area contributed by atoms with Gasteiger partial charge in [-0.25, -0.2) is 0 Å². The van der Waals surface area contributed by atoms with Crippen LogP contribution in [0.3, 0.4) is 0 Å². The van der Waals surface area contributed by atoms with Gasteiger partial charge in [0.2, 0.25) is 0 Å². The molecule has 0 atom stereocenters. The maximum absolute atomic E-state index is 13.0. The van der Waals surface area contributed by atoms with Crippen LogP contribution in [-0.2, 0) is 18.3 Å². The molecule has 0 fully saturated rings. The summed E-state index contributed by atoms with van der Waals surface area (Å²) in [5.41, 5.74) is 10.9. The van der Waals surface area contributed by atoms with Gasteiger partial charge in [-0.2, -0.15) is 10.4 Å². The Labute approximate surface area is 191 Å². The Kier molecular flexibility index (Phi) is 5.85. The van der Waals surface area contributed by atoms with Crippen LogP contribution in [-0.4, -0.2) is 53.3 Å². The van der Waals surface area contributed by atoms with Crippen LogP contribution in [0.4, 0.5) is 5.69 Å². The second-order valence-corrected chi connectivity index (χ2v) is 7.91. The van der Waals surface area contributed by atoms with Crippen LogP contribution < -0.4 is 11.1 Å². The smallest absolute Gasteiger partial charge is 0.256 e. The number of aromatic nitrogens is 2. The molecular weight excluding hydrogens is 420 g/mol. The average Bonchev–Trinajstić information content (AvgIpc) is 3.34. The predicted molar refractivity (Wildman–Crippen MR) is 124 cm³/mol. The van der Waals surface area contributed by atoms with Gasteiger partial charge in [-0.1, -0.05) is 12.6 Å². The molecule has 1 aromatic heterocycles. The summed E-state index contributed by atoms with van der Waals surface area (Å²) in [7, 11) is 3.38. The zero-order valence-electron chi connectivity index (χ0n) is 18.5. The molecule has 3 N–H and O–H groups in total. The highest BCUT2D eigenvalue weighted by Crippen LogP contribution is 2.38. The maximum atomic E-state index is 13.0. The Morgan fingerprint density at radius 1 is 1.39 bits per heavy atom. The largest absolute Gasteiger partial charge is 0.398 e. The number of nitrogens with two attached hydrogens (primary N) is 1. The average molecular weight is 444 g/mol. The van der Waals surface area contributed by atoms with E-state index in [-0.39, 0.29) is 18.4 Å². The standard InChI is InChI=1S/C24H24N6O3/c1-14(10-25)12-30-13-19-16(4-5-20(26)22(19)24(30)32)15-8-17(23(31)27-6-7-33-3)18-11-28-29(2)21(18)9-15/h4-5,8-9,11H,1,6-7,12-13,26H2,2-3H3,(H,27,31). The normalized spacial score (nSPS) is 12.6. The zero-order valence-corrected chi connectivity index (χ0v) is 18.5. The Bertz CT molecular complexity index is 1330. The SMILES string of the molecule is C=C(C#N)CN1Cc2c(-c3cc(C(=O)NCCOC)c4cnn(C)c4c3)ccc(N)c2C1=O. The highest BCUT2D eigenvalue weighted by Gasteiger charge is 2.32. The third-order valence-electron chi connectivity index (χ3n) is 5.75. The number of amides is 2. The van der Waals surface area contributed by atoms with Crippen LogP contribution in [0.5, 0.6) is 0 Å². The minimum absolute atomic E-state index is 0.136. The summed E-state index contributed by atoms with van der Waals surface area (Å²) in [6, 6.07) is 9.28. The van der Waals surface area contributed by atoms with Gasteiger partial charge in [0.15, 0.2) is 0 Å². The first kappa shape index (κ1) is 22.0. The molecule has 33 heavy (non-hydrogen) atoms. The second kappa shape index (κ2) is 8.76. The topological polar surface area (TPSA) is 126 Å². The van der Waals surface area contributed by atoms with E-state index in [4.69, 9.17) is 15.7 Å². The van der Waals surface area contributed by atoms with Gasteiger partial charge in [0.05, 0.1) is 42.1 Å². The van der Waals surface area contributed by atoms with Crippen molar-refractivity contribution in [3.8, 4) is 17.2 Å². The van der Waals surface area contributed by atoms with Gasteiger partial charge in [-0.05, 0) is 34.9 Å². The van der Waals surface area contributed by atoms with E-state index in [9.17, 15) is 9.59 Å². The second-order valence-electron chi connectivity index (χ2n) is 7.91. The van der Waals surface area contributed by atoms with E-state index in [1.54, 1.807) is 35.0 Å². The van der Waals surface area contributed by atoms with Crippen molar-refractivity contribution in [2.45, 2.75) is 6.54 Å². The Balaban J connectivity index is 1.82. The van der Waals surface area contributed by atoms with E-state index in [2.05, 4.69) is 17.0 Å². The zero-order chi connectivity index (χ0) is 23.7. The number of methoxy groups -OCH3 is 1. The summed E-state index contributed by atoms with van der Waals surface area (Å²) in [5, 5.41) is 17.0. The highest BCUT2D eigenvalue weighted by atomic mass is 16.5. The Morgan fingerprint density at radius 3 is 2.91 bits per heavy atom. The molecule has 0 aliphatic carbocycles. The maximum Gasteiger partial charge on any atom is 0.256 e. The van der Waals surface area contributed by atoms with Gasteiger partial charge in [0.25, 0.3) is 11.8 Å². The van der Waals surface area contributed by atoms with E-state index < -0.39 is 0 Å². The van der Waals surface area contributed by atoms with E-state index in [0.29, 0.717) is 42.1 Å². The van der Waals surface area contributed by atoms with Gasteiger partial charge in [-0.3, -0.25) is 14.3 Å². The van der Waals surface area contributed by atoms with Crippen molar-refractivity contribution in [2.24, 2.45) is 7.05 Å². The predicted octanol–water partition coefficient (Wildman–Crippen LogP) is 2.23. The molecule has 0 bridgehead atoms. The molecule has 2 amide bonds. The van der Waals surface area contributed by atoms with Crippen LogP contribution in [0, 0.1) is 11.3 Å². The van der Waals surface area contributed by atoms with Crippen molar-refractivity contribution in [1.29, 1.82) is 5.26 Å². The molecule has 2 heterocycles. The number of carbonyl (C=O) groups is 2. The first-order valence-electron chi connectivity index (χ1n) is 10.4. The molecule has 4 rings (SSSR count). The van der Waals surface area contributed by atoms with Gasteiger partial charge < -0.3 is 20.7 Å². The monoisotopic (exact) mass is 444 g/mol. The van der Waals surface area contributed by atoms with Crippen molar-refractivity contribution in [1.82, 2.24) is 20.0 Å². The van der Waals surface area contributed by atoms with Gasteiger partial charge in [-0.15, -0.1) is 0 Å². The number of ether oxygens (including phenoxy) is 1. The lowest BCUT2D eigenvalue weighted by atomic mass is 9.93. The van der Waals surface area contributed by atoms with Crippen LogP contribution in [0.25, 0.3) is 22.0 Å². The number of nitrogens with one attached hydrogen (secondary N) is 1. The number of nitriles is 1. The number of carbonyl (C=O) groups excluding carboxylic acids is 2. The summed E-state index contributed by atoms with van der Waals surface area (Å²) in [4.78, 5) is 27.5. The molecule has 9 nitrogen and oxygen atoms in total. The number of anilines is 1. The van der Waals surface area contributed by atoms with Crippen molar-refractivity contribution in [3.63, 3.8) is 0 Å². The Hall–Kier alpha value is -4.16. The fourth-order valence-corrected chi connectivity index (χ4v) is 4.12. The van der Waals surface area contributed by atoms with Crippen molar-refractivity contribution >= 4 is 28.4 Å². The fourth-order valence-electron chi connectivity index (χ4n) is 4.12. The summed E-state index contributed by atoms with van der Waals surface area (Å²) in [5.74, 6) is -0.470. The lowest BCUT2D eigenvalue weighted by Crippen LogP contribution is -2.27. The van der Waals surface area contributed by atoms with E-state index >= 15 is 0 Å². The number of fused-ring (bicyclic) bond motifs is 2. The molecule has 0 spiro atoms.